The Morgan fingerprint density at radius 3 is 2.23 bits per heavy atom. The maximum atomic E-state index is 13.2. The number of rotatable bonds is 6. The molecule has 0 aliphatic carbocycles. The van der Waals surface area contributed by atoms with Gasteiger partial charge < -0.3 is 10.6 Å². The van der Waals surface area contributed by atoms with Gasteiger partial charge in [0.15, 0.2) is 0 Å². The SMILES string of the molecule is Cc1cc(/C=C(/C#N)c2ccc(F)cc2)cc(C)c1Nc1ccnc(Nc2ccc(C#N)cc2)n1. The molecule has 0 aliphatic rings. The Labute approximate surface area is 203 Å². The molecule has 2 N–H and O–H groups in total. The van der Waals surface area contributed by atoms with Gasteiger partial charge in [-0.2, -0.15) is 15.5 Å². The fraction of sp³-hybridized carbons (Fsp3) is 0.0714. The molecule has 0 radical (unpaired) electrons. The summed E-state index contributed by atoms with van der Waals surface area (Å²) in [7, 11) is 0. The van der Waals surface area contributed by atoms with Gasteiger partial charge in [0.25, 0.3) is 0 Å². The highest BCUT2D eigenvalue weighted by atomic mass is 19.1. The molecule has 0 unspecified atom stereocenters. The van der Waals surface area contributed by atoms with E-state index in [4.69, 9.17) is 5.26 Å². The molecule has 0 fully saturated rings. The first-order chi connectivity index (χ1) is 16.9. The van der Waals surface area contributed by atoms with Gasteiger partial charge in [-0.25, -0.2) is 9.37 Å². The molecule has 6 nitrogen and oxygen atoms in total. The van der Waals surface area contributed by atoms with Gasteiger partial charge in [0, 0.05) is 17.6 Å². The van der Waals surface area contributed by atoms with Gasteiger partial charge in [-0.3, -0.25) is 0 Å². The molecule has 1 heterocycles. The molecule has 3 aromatic carbocycles. The Hall–Kier alpha value is -5.01. The zero-order valence-electron chi connectivity index (χ0n) is 19.2. The minimum absolute atomic E-state index is 0.340. The third-order valence-corrected chi connectivity index (χ3v) is 5.32. The van der Waals surface area contributed by atoms with Crippen molar-refractivity contribution in [2.24, 2.45) is 0 Å². The van der Waals surface area contributed by atoms with Crippen LogP contribution in [0.2, 0.25) is 0 Å². The van der Waals surface area contributed by atoms with Gasteiger partial charge in [0.1, 0.15) is 11.6 Å². The van der Waals surface area contributed by atoms with Crippen molar-refractivity contribution in [3.63, 3.8) is 0 Å². The van der Waals surface area contributed by atoms with Gasteiger partial charge in [0.2, 0.25) is 5.95 Å². The quantitative estimate of drug-likeness (QED) is 0.247. The van der Waals surface area contributed by atoms with Crippen molar-refractivity contribution in [2.45, 2.75) is 13.8 Å². The van der Waals surface area contributed by atoms with Crippen LogP contribution in [0.5, 0.6) is 0 Å². The average Bonchev–Trinajstić information content (AvgIpc) is 2.86. The molecule has 170 valence electrons. The number of aromatic nitrogens is 2. The highest BCUT2D eigenvalue weighted by molar-refractivity contribution is 5.90. The van der Waals surface area contributed by atoms with Gasteiger partial charge in [0.05, 0.1) is 23.3 Å². The summed E-state index contributed by atoms with van der Waals surface area (Å²) in [5.41, 5.74) is 6.21. The first-order valence-corrected chi connectivity index (χ1v) is 10.8. The van der Waals surface area contributed by atoms with Crippen LogP contribution in [0.25, 0.3) is 11.6 Å². The van der Waals surface area contributed by atoms with Crippen LogP contribution >= 0.6 is 0 Å². The largest absolute Gasteiger partial charge is 0.340 e. The lowest BCUT2D eigenvalue weighted by atomic mass is 10.00. The Balaban J connectivity index is 1.55. The molecule has 0 amide bonds. The van der Waals surface area contributed by atoms with Crippen LogP contribution in [0.1, 0.15) is 27.8 Å². The highest BCUT2D eigenvalue weighted by Gasteiger charge is 2.09. The maximum Gasteiger partial charge on any atom is 0.229 e. The number of aryl methyl sites for hydroxylation is 2. The molecule has 0 saturated carbocycles. The Bertz CT molecular complexity index is 1450. The number of benzene rings is 3. The minimum atomic E-state index is -0.340. The van der Waals surface area contributed by atoms with Gasteiger partial charge in [-0.05, 0) is 96.8 Å². The van der Waals surface area contributed by atoms with Crippen LogP contribution in [0.15, 0.2) is 72.9 Å². The summed E-state index contributed by atoms with van der Waals surface area (Å²) in [6.07, 6.45) is 3.45. The first kappa shape index (κ1) is 23.2. The van der Waals surface area contributed by atoms with E-state index in [0.29, 0.717) is 28.5 Å². The smallest absolute Gasteiger partial charge is 0.229 e. The molecule has 0 saturated heterocycles. The summed E-state index contributed by atoms with van der Waals surface area (Å²) in [5.74, 6) is 0.704. The van der Waals surface area contributed by atoms with Crippen molar-refractivity contribution >= 4 is 34.8 Å². The molecule has 0 spiro atoms. The van der Waals surface area contributed by atoms with E-state index in [9.17, 15) is 9.65 Å². The summed E-state index contributed by atoms with van der Waals surface area (Å²) >= 11 is 0. The van der Waals surface area contributed by atoms with Crippen molar-refractivity contribution in [3.8, 4) is 12.1 Å². The fourth-order valence-corrected chi connectivity index (χ4v) is 3.63. The van der Waals surface area contributed by atoms with Crippen molar-refractivity contribution in [1.29, 1.82) is 10.5 Å². The summed E-state index contributed by atoms with van der Waals surface area (Å²) in [6, 6.07) is 22.9. The maximum absolute atomic E-state index is 13.2. The average molecular weight is 461 g/mol. The lowest BCUT2D eigenvalue weighted by molar-refractivity contribution is 0.627. The van der Waals surface area contributed by atoms with Crippen LogP contribution in [-0.4, -0.2) is 9.97 Å². The van der Waals surface area contributed by atoms with Gasteiger partial charge >= 0.3 is 0 Å². The third-order valence-electron chi connectivity index (χ3n) is 5.32. The number of nitriles is 2. The third kappa shape index (κ3) is 5.68. The van der Waals surface area contributed by atoms with Crippen LogP contribution < -0.4 is 10.6 Å². The molecule has 4 aromatic rings. The topological polar surface area (TPSA) is 97.4 Å². The predicted molar refractivity (Wildman–Crippen MR) is 136 cm³/mol. The summed E-state index contributed by atoms with van der Waals surface area (Å²) in [6.45, 7) is 3.96. The molecule has 35 heavy (non-hydrogen) atoms. The van der Waals surface area contributed by atoms with Crippen molar-refractivity contribution in [2.75, 3.05) is 10.6 Å². The van der Waals surface area contributed by atoms with E-state index < -0.39 is 0 Å². The van der Waals surface area contributed by atoms with Crippen LogP contribution in [-0.2, 0) is 0 Å². The van der Waals surface area contributed by atoms with Crippen molar-refractivity contribution in [3.05, 3.63) is 107 Å². The standard InChI is InChI=1S/C28H21FN6/c1-18-13-21(15-23(17-31)22-5-7-24(29)8-6-22)14-19(2)27(18)34-26-11-12-32-28(35-26)33-25-9-3-20(16-30)4-10-25/h3-15H,1-2H3,(H2,32,33,34,35)/b23-15-. The molecule has 0 bridgehead atoms. The lowest BCUT2D eigenvalue weighted by Gasteiger charge is -2.14. The second kappa shape index (κ2) is 10.3. The lowest BCUT2D eigenvalue weighted by Crippen LogP contribution is -2.02. The van der Waals surface area contributed by atoms with Crippen LogP contribution in [0, 0.1) is 42.3 Å². The van der Waals surface area contributed by atoms with Crippen molar-refractivity contribution in [1.82, 2.24) is 9.97 Å². The number of nitrogens with zero attached hydrogens (tertiary/aromatic N) is 4. The highest BCUT2D eigenvalue weighted by Crippen LogP contribution is 2.28. The van der Waals surface area contributed by atoms with Crippen LogP contribution in [0.4, 0.5) is 27.5 Å². The molecule has 7 heteroatoms. The number of hydrogen-bond donors (Lipinski definition) is 2. The Kier molecular flexibility index (Phi) is 6.81. The minimum Gasteiger partial charge on any atom is -0.340 e. The number of hydrogen-bond acceptors (Lipinski definition) is 6. The zero-order valence-corrected chi connectivity index (χ0v) is 19.2. The summed E-state index contributed by atoms with van der Waals surface area (Å²) < 4.78 is 13.2. The van der Waals surface area contributed by atoms with Crippen LogP contribution in [0.3, 0.4) is 0 Å². The number of halogens is 1. The number of allylic oxidation sites excluding steroid dienone is 1. The van der Waals surface area contributed by atoms with E-state index in [1.807, 2.05) is 26.0 Å². The predicted octanol–water partition coefficient (Wildman–Crippen LogP) is 6.66. The number of nitrogens with one attached hydrogen (secondary N) is 2. The van der Waals surface area contributed by atoms with E-state index in [1.165, 1.54) is 12.1 Å². The molecular weight excluding hydrogens is 439 g/mol. The molecule has 0 aliphatic heterocycles. The van der Waals surface area contributed by atoms with E-state index >= 15 is 0 Å². The molecule has 1 aromatic heterocycles. The molecular formula is C28H21FN6. The van der Waals surface area contributed by atoms with E-state index in [1.54, 1.807) is 54.7 Å². The normalized spacial score (nSPS) is 10.8. The van der Waals surface area contributed by atoms with E-state index in [-0.39, 0.29) is 5.82 Å². The molecule has 4 rings (SSSR count). The van der Waals surface area contributed by atoms with Gasteiger partial charge in [-0.15, -0.1) is 0 Å². The monoisotopic (exact) mass is 460 g/mol. The Morgan fingerprint density at radius 2 is 1.60 bits per heavy atom. The first-order valence-electron chi connectivity index (χ1n) is 10.8. The molecule has 0 atom stereocenters. The second-order valence-corrected chi connectivity index (χ2v) is 7.91. The zero-order chi connectivity index (χ0) is 24.8. The van der Waals surface area contributed by atoms with Gasteiger partial charge in [-0.1, -0.05) is 12.1 Å². The second-order valence-electron chi connectivity index (χ2n) is 7.91. The van der Waals surface area contributed by atoms with E-state index in [0.717, 1.165) is 28.1 Å². The van der Waals surface area contributed by atoms with E-state index in [2.05, 4.69) is 32.7 Å². The Morgan fingerprint density at radius 1 is 0.914 bits per heavy atom. The van der Waals surface area contributed by atoms with Crippen molar-refractivity contribution < 1.29 is 4.39 Å². The summed E-state index contributed by atoms with van der Waals surface area (Å²) in [5, 5.41) is 25.0. The number of anilines is 4. The summed E-state index contributed by atoms with van der Waals surface area (Å²) in [4.78, 5) is 8.80. The fourth-order valence-electron chi connectivity index (χ4n) is 3.63.